The summed E-state index contributed by atoms with van der Waals surface area (Å²) < 4.78 is 5.04. The Kier molecular flexibility index (Phi) is 4.14. The van der Waals surface area contributed by atoms with Crippen molar-refractivity contribution < 1.29 is 14.3 Å². The molecule has 2 heterocycles. The zero-order chi connectivity index (χ0) is 19.2. The summed E-state index contributed by atoms with van der Waals surface area (Å²) in [6, 6.07) is 4.06. The molecule has 1 aromatic carbocycles. The highest BCUT2D eigenvalue weighted by Gasteiger charge is 2.41. The minimum Gasteiger partial charge on any atom is -0.419 e. The van der Waals surface area contributed by atoms with E-state index in [0.29, 0.717) is 11.6 Å². The number of anilines is 1. The number of nitrogens with zero attached hydrogens (tertiary/aromatic N) is 2. The molecular formula is C18H23N5O3. The van der Waals surface area contributed by atoms with E-state index < -0.39 is 17.7 Å². The van der Waals surface area contributed by atoms with Crippen LogP contribution in [0.1, 0.15) is 31.9 Å². The zero-order valence-corrected chi connectivity index (χ0v) is 15.8. The first kappa shape index (κ1) is 17.8. The maximum absolute atomic E-state index is 12.6. The largest absolute Gasteiger partial charge is 0.419 e. The number of fused-ring (bicyclic) bond motifs is 1. The van der Waals surface area contributed by atoms with Crippen molar-refractivity contribution in [2.45, 2.75) is 40.4 Å². The number of allylic oxidation sites excluding steroid dienone is 1. The number of imidazole rings is 1. The van der Waals surface area contributed by atoms with E-state index in [1.54, 1.807) is 14.0 Å². The van der Waals surface area contributed by atoms with Gasteiger partial charge in [-0.25, -0.2) is 4.98 Å². The Balaban J connectivity index is 1.93. The number of carbonyl (C=O) groups is 2. The van der Waals surface area contributed by atoms with Crippen LogP contribution < -0.4 is 10.6 Å². The first-order valence-corrected chi connectivity index (χ1v) is 8.31. The molecule has 0 radical (unpaired) electrons. The van der Waals surface area contributed by atoms with Crippen molar-refractivity contribution in [1.29, 1.82) is 0 Å². The van der Waals surface area contributed by atoms with Crippen LogP contribution in [0.3, 0.4) is 0 Å². The molecular weight excluding hydrogens is 334 g/mol. The Bertz CT molecular complexity index is 907. The van der Waals surface area contributed by atoms with E-state index in [2.05, 4.69) is 20.6 Å². The van der Waals surface area contributed by atoms with E-state index in [0.717, 1.165) is 16.6 Å². The summed E-state index contributed by atoms with van der Waals surface area (Å²) in [5.41, 5.74) is 4.57. The number of likely N-dealkylation sites (N-methyl/N-ethyl adjacent to an activating group) is 1. The van der Waals surface area contributed by atoms with E-state index in [4.69, 9.17) is 4.74 Å². The number of nitrogens with one attached hydrogen (secondary N) is 3. The van der Waals surface area contributed by atoms with Gasteiger partial charge in [-0.2, -0.15) is 0 Å². The summed E-state index contributed by atoms with van der Waals surface area (Å²) in [4.78, 5) is 33.1. The smallest absolute Gasteiger partial charge is 0.308 e. The second kappa shape index (κ2) is 6.05. The Morgan fingerprint density at radius 3 is 2.58 bits per heavy atom. The zero-order valence-electron chi connectivity index (χ0n) is 15.8. The standard InChI is InChI=1S/C18H23N5O3/c1-9-7-13-14(8-10(9)2)20-17(19-13)22-18(5)21-11(3)15(26-12(4)24)16(25)23(18)6/h7-8,21H,1-6H3,(H2,19,20,22). The van der Waals surface area contributed by atoms with Gasteiger partial charge in [0.2, 0.25) is 11.7 Å². The molecule has 0 fully saturated rings. The molecule has 8 nitrogen and oxygen atoms in total. The summed E-state index contributed by atoms with van der Waals surface area (Å²) in [5.74, 6) is -1.35. The van der Waals surface area contributed by atoms with Crippen LogP contribution in [0.5, 0.6) is 0 Å². The highest BCUT2D eigenvalue weighted by molar-refractivity contribution is 5.95. The number of aryl methyl sites for hydroxylation is 2. The van der Waals surface area contributed by atoms with Crippen molar-refractivity contribution in [3.63, 3.8) is 0 Å². The Morgan fingerprint density at radius 2 is 1.92 bits per heavy atom. The van der Waals surface area contributed by atoms with Crippen LogP contribution in [-0.2, 0) is 14.3 Å². The van der Waals surface area contributed by atoms with E-state index in [-0.39, 0.29) is 5.76 Å². The number of hydrogen-bond acceptors (Lipinski definition) is 6. The molecule has 2 aromatic rings. The van der Waals surface area contributed by atoms with E-state index in [9.17, 15) is 9.59 Å². The molecule has 3 rings (SSSR count). The topological polar surface area (TPSA) is 99.3 Å². The van der Waals surface area contributed by atoms with Crippen molar-refractivity contribution in [3.8, 4) is 0 Å². The summed E-state index contributed by atoms with van der Waals surface area (Å²) in [6.45, 7) is 8.84. The molecule has 8 heteroatoms. The monoisotopic (exact) mass is 357 g/mol. The van der Waals surface area contributed by atoms with Gasteiger partial charge in [-0.3, -0.25) is 14.5 Å². The number of aromatic nitrogens is 2. The molecule has 1 unspecified atom stereocenters. The molecule has 26 heavy (non-hydrogen) atoms. The number of carbonyl (C=O) groups excluding carboxylic acids is 2. The highest BCUT2D eigenvalue weighted by atomic mass is 16.5. The van der Waals surface area contributed by atoms with Crippen LogP contribution in [0.25, 0.3) is 11.0 Å². The first-order valence-electron chi connectivity index (χ1n) is 8.31. The van der Waals surface area contributed by atoms with Crippen LogP contribution >= 0.6 is 0 Å². The van der Waals surface area contributed by atoms with Gasteiger partial charge in [0.15, 0.2) is 5.79 Å². The summed E-state index contributed by atoms with van der Waals surface area (Å²) in [5, 5.41) is 6.40. The number of H-pyrrole nitrogens is 1. The molecule has 3 N–H and O–H groups in total. The normalized spacial score (nSPS) is 20.4. The minimum absolute atomic E-state index is 0.00451. The van der Waals surface area contributed by atoms with Crippen molar-refractivity contribution in [2.24, 2.45) is 0 Å². The Morgan fingerprint density at radius 1 is 1.27 bits per heavy atom. The van der Waals surface area contributed by atoms with Crippen molar-refractivity contribution in [3.05, 3.63) is 34.7 Å². The van der Waals surface area contributed by atoms with Gasteiger partial charge in [0.05, 0.1) is 16.7 Å². The highest BCUT2D eigenvalue weighted by Crippen LogP contribution is 2.26. The second-order valence-electron chi connectivity index (χ2n) is 6.77. The molecule has 1 atom stereocenters. The number of benzene rings is 1. The van der Waals surface area contributed by atoms with Crippen molar-refractivity contribution in [2.75, 3.05) is 12.4 Å². The van der Waals surface area contributed by atoms with E-state index >= 15 is 0 Å². The van der Waals surface area contributed by atoms with Gasteiger partial charge in [-0.15, -0.1) is 0 Å². The fourth-order valence-electron chi connectivity index (χ4n) is 2.96. The lowest BCUT2D eigenvalue weighted by Crippen LogP contribution is -2.65. The van der Waals surface area contributed by atoms with Gasteiger partial charge in [-0.05, 0) is 51.0 Å². The number of rotatable bonds is 3. The lowest BCUT2D eigenvalue weighted by molar-refractivity contribution is -0.147. The molecule has 0 saturated heterocycles. The Hall–Kier alpha value is -3.03. The average Bonchev–Trinajstić information content (AvgIpc) is 2.90. The second-order valence-corrected chi connectivity index (χ2v) is 6.77. The number of amides is 1. The number of esters is 1. The number of hydrogen-bond donors (Lipinski definition) is 3. The lowest BCUT2D eigenvalue weighted by Gasteiger charge is -2.44. The van der Waals surface area contributed by atoms with Gasteiger partial charge in [0, 0.05) is 14.0 Å². The lowest BCUT2D eigenvalue weighted by atomic mass is 10.1. The molecule has 0 aliphatic carbocycles. The maximum atomic E-state index is 12.6. The van der Waals surface area contributed by atoms with Gasteiger partial charge < -0.3 is 20.4 Å². The van der Waals surface area contributed by atoms with Crippen LogP contribution in [0.2, 0.25) is 0 Å². The Labute approximate surface area is 151 Å². The van der Waals surface area contributed by atoms with Crippen LogP contribution in [-0.4, -0.2) is 39.6 Å². The molecule has 1 aliphatic heterocycles. The molecule has 1 amide bonds. The fraction of sp³-hybridized carbons (Fsp3) is 0.389. The molecule has 0 bridgehead atoms. The van der Waals surface area contributed by atoms with Gasteiger partial charge >= 0.3 is 5.97 Å². The average molecular weight is 357 g/mol. The number of aromatic amines is 1. The van der Waals surface area contributed by atoms with Crippen molar-refractivity contribution >= 4 is 28.9 Å². The van der Waals surface area contributed by atoms with Gasteiger partial charge in [-0.1, -0.05) is 0 Å². The third-order valence-electron chi connectivity index (χ3n) is 4.65. The van der Waals surface area contributed by atoms with Crippen LogP contribution in [0, 0.1) is 13.8 Å². The van der Waals surface area contributed by atoms with Crippen molar-refractivity contribution in [1.82, 2.24) is 20.2 Å². The third-order valence-corrected chi connectivity index (χ3v) is 4.65. The minimum atomic E-state index is -0.942. The van der Waals surface area contributed by atoms with E-state index in [1.165, 1.54) is 17.4 Å². The molecule has 1 aromatic heterocycles. The van der Waals surface area contributed by atoms with Crippen LogP contribution in [0.15, 0.2) is 23.6 Å². The summed E-state index contributed by atoms with van der Waals surface area (Å²) in [6.07, 6.45) is 0. The summed E-state index contributed by atoms with van der Waals surface area (Å²) in [7, 11) is 1.62. The van der Waals surface area contributed by atoms with Crippen LogP contribution in [0.4, 0.5) is 5.95 Å². The summed E-state index contributed by atoms with van der Waals surface area (Å²) >= 11 is 0. The molecule has 138 valence electrons. The molecule has 0 saturated carbocycles. The SMILES string of the molecule is CC(=O)OC1=C(C)NC(C)(Nc2nc3cc(C)c(C)cc3[nH]2)N(C)C1=O. The molecule has 1 aliphatic rings. The third kappa shape index (κ3) is 2.98. The first-order chi connectivity index (χ1) is 12.1. The molecule has 0 spiro atoms. The van der Waals surface area contributed by atoms with E-state index in [1.807, 2.05) is 32.9 Å². The number of ether oxygens (including phenoxy) is 1. The quantitative estimate of drug-likeness (QED) is 0.728. The van der Waals surface area contributed by atoms with Gasteiger partial charge in [0.1, 0.15) is 0 Å². The predicted molar refractivity (Wildman–Crippen MR) is 98.0 cm³/mol. The van der Waals surface area contributed by atoms with Gasteiger partial charge in [0.25, 0.3) is 5.91 Å². The fourth-order valence-corrected chi connectivity index (χ4v) is 2.96. The maximum Gasteiger partial charge on any atom is 0.308 e. The predicted octanol–water partition coefficient (Wildman–Crippen LogP) is 2.12.